The minimum absolute atomic E-state index is 0.0154. The second-order valence-electron chi connectivity index (χ2n) is 12.4. The van der Waals surface area contributed by atoms with Crippen LogP contribution in [0, 0.1) is 34.5 Å². The van der Waals surface area contributed by atoms with E-state index in [1.165, 1.54) is 12.8 Å². The van der Waals surface area contributed by atoms with Gasteiger partial charge in [0.05, 0.1) is 6.10 Å². The maximum absolute atomic E-state index is 13.4. The third-order valence-corrected chi connectivity index (χ3v) is 10.7. The molecule has 0 spiro atoms. The van der Waals surface area contributed by atoms with Crippen LogP contribution in [0.4, 0.5) is 0 Å². The Hall–Kier alpha value is -1.11. The molecule has 0 aromatic heterocycles. The molecule has 0 aromatic carbocycles. The van der Waals surface area contributed by atoms with Crippen molar-refractivity contribution in [1.82, 2.24) is 0 Å². The van der Waals surface area contributed by atoms with Gasteiger partial charge < -0.3 is 15.3 Å². The SMILES string of the molecule is C[C@]12CC[C@@H](O)C[C@H]1CC[C@@H]1[C@@H]2C(=O)C[C@@]2(C)[C@H]1CC[C@]2(O)C(=O)CO.O=C1CCCCCC1. The van der Waals surface area contributed by atoms with Gasteiger partial charge in [-0.3, -0.25) is 14.4 Å². The van der Waals surface area contributed by atoms with Crippen LogP contribution in [0.2, 0.25) is 0 Å². The zero-order valence-corrected chi connectivity index (χ0v) is 21.1. The average molecular weight is 477 g/mol. The smallest absolute Gasteiger partial charge is 0.190 e. The van der Waals surface area contributed by atoms with Gasteiger partial charge in [0.1, 0.15) is 23.8 Å². The second kappa shape index (κ2) is 9.74. The van der Waals surface area contributed by atoms with Crippen LogP contribution in [-0.2, 0) is 14.4 Å². The minimum atomic E-state index is -1.58. The molecule has 34 heavy (non-hydrogen) atoms. The van der Waals surface area contributed by atoms with E-state index in [4.69, 9.17) is 0 Å². The Balaban J connectivity index is 0.000000291. The minimum Gasteiger partial charge on any atom is -0.393 e. The van der Waals surface area contributed by atoms with Crippen LogP contribution < -0.4 is 0 Å². The number of aliphatic hydroxyl groups excluding tert-OH is 2. The lowest BCUT2D eigenvalue weighted by atomic mass is 9.44. The van der Waals surface area contributed by atoms with Gasteiger partial charge in [-0.15, -0.1) is 0 Å². The summed E-state index contributed by atoms with van der Waals surface area (Å²) < 4.78 is 0. The summed E-state index contributed by atoms with van der Waals surface area (Å²) in [6, 6.07) is 0. The molecule has 5 aliphatic carbocycles. The zero-order valence-electron chi connectivity index (χ0n) is 21.1. The Morgan fingerprint density at radius 1 is 0.971 bits per heavy atom. The number of fused-ring (bicyclic) bond motifs is 5. The summed E-state index contributed by atoms with van der Waals surface area (Å²) in [5.74, 6) is 0.854. The van der Waals surface area contributed by atoms with E-state index in [2.05, 4.69) is 6.92 Å². The molecule has 0 aliphatic heterocycles. The molecule has 0 amide bonds. The third kappa shape index (κ3) is 4.22. The molecule has 3 N–H and O–H groups in total. The van der Waals surface area contributed by atoms with Gasteiger partial charge in [0.15, 0.2) is 5.78 Å². The molecule has 5 saturated carbocycles. The van der Waals surface area contributed by atoms with Gasteiger partial charge in [-0.2, -0.15) is 0 Å². The monoisotopic (exact) mass is 476 g/mol. The number of aliphatic hydroxyl groups is 3. The summed E-state index contributed by atoms with van der Waals surface area (Å²) in [5, 5.41) is 30.6. The van der Waals surface area contributed by atoms with Crippen LogP contribution in [0.5, 0.6) is 0 Å². The largest absolute Gasteiger partial charge is 0.393 e. The van der Waals surface area contributed by atoms with Crippen molar-refractivity contribution in [2.75, 3.05) is 6.61 Å². The van der Waals surface area contributed by atoms with E-state index in [-0.39, 0.29) is 41.5 Å². The Kier molecular flexibility index (Phi) is 7.44. The van der Waals surface area contributed by atoms with E-state index in [1.54, 1.807) is 0 Å². The lowest BCUT2D eigenvalue weighted by molar-refractivity contribution is -0.180. The third-order valence-electron chi connectivity index (χ3n) is 10.7. The first-order chi connectivity index (χ1) is 16.1. The number of carbonyl (C=O) groups excluding carboxylic acids is 3. The molecule has 5 aliphatic rings. The van der Waals surface area contributed by atoms with Gasteiger partial charge in [-0.1, -0.05) is 26.7 Å². The van der Waals surface area contributed by atoms with Crippen molar-refractivity contribution >= 4 is 17.3 Å². The van der Waals surface area contributed by atoms with Gasteiger partial charge in [0.25, 0.3) is 0 Å². The molecule has 0 bridgehead atoms. The molecule has 0 heterocycles. The summed E-state index contributed by atoms with van der Waals surface area (Å²) >= 11 is 0. The van der Waals surface area contributed by atoms with Crippen LogP contribution in [0.15, 0.2) is 0 Å². The van der Waals surface area contributed by atoms with Crippen LogP contribution in [0.25, 0.3) is 0 Å². The van der Waals surface area contributed by atoms with Crippen molar-refractivity contribution in [3.8, 4) is 0 Å². The molecule has 0 radical (unpaired) electrons. The number of ketones is 3. The molecule has 5 fully saturated rings. The molecule has 8 atom stereocenters. The lowest BCUT2D eigenvalue weighted by Gasteiger charge is -2.60. The number of hydrogen-bond donors (Lipinski definition) is 3. The molecule has 6 nitrogen and oxygen atoms in total. The van der Waals surface area contributed by atoms with Gasteiger partial charge in [-0.25, -0.2) is 0 Å². The Bertz CT molecular complexity index is 799. The van der Waals surface area contributed by atoms with Crippen molar-refractivity contribution in [1.29, 1.82) is 0 Å². The molecular weight excluding hydrogens is 432 g/mol. The van der Waals surface area contributed by atoms with Crippen molar-refractivity contribution in [3.05, 3.63) is 0 Å². The summed E-state index contributed by atoms with van der Waals surface area (Å²) in [6.07, 6.45) is 12.0. The van der Waals surface area contributed by atoms with Crippen molar-refractivity contribution in [3.63, 3.8) is 0 Å². The zero-order chi connectivity index (χ0) is 24.7. The predicted octanol–water partition coefficient (Wildman–Crippen LogP) is 3.77. The molecular formula is C28H44O6. The Labute approximate surface area is 203 Å². The van der Waals surface area contributed by atoms with E-state index in [1.807, 2.05) is 6.92 Å². The maximum atomic E-state index is 13.4. The highest BCUT2D eigenvalue weighted by atomic mass is 16.3. The van der Waals surface area contributed by atoms with Gasteiger partial charge >= 0.3 is 0 Å². The first-order valence-electron chi connectivity index (χ1n) is 13.7. The van der Waals surface area contributed by atoms with E-state index >= 15 is 0 Å². The van der Waals surface area contributed by atoms with Crippen molar-refractivity contribution < 1.29 is 29.7 Å². The Morgan fingerprint density at radius 2 is 1.65 bits per heavy atom. The highest BCUT2D eigenvalue weighted by molar-refractivity contribution is 5.92. The van der Waals surface area contributed by atoms with E-state index < -0.39 is 23.4 Å². The van der Waals surface area contributed by atoms with Crippen LogP contribution in [0.1, 0.15) is 104 Å². The van der Waals surface area contributed by atoms with Crippen LogP contribution in [-0.4, -0.2) is 51.0 Å². The van der Waals surface area contributed by atoms with Crippen LogP contribution in [0.3, 0.4) is 0 Å². The van der Waals surface area contributed by atoms with Crippen molar-refractivity contribution in [2.45, 2.75) is 115 Å². The quantitative estimate of drug-likeness (QED) is 0.523. The topological polar surface area (TPSA) is 112 Å². The fraction of sp³-hybridized carbons (Fsp3) is 0.893. The summed E-state index contributed by atoms with van der Waals surface area (Å²) in [6.45, 7) is 3.46. The van der Waals surface area contributed by atoms with Gasteiger partial charge in [-0.05, 0) is 81.0 Å². The first kappa shape index (κ1) is 26.0. The number of Topliss-reactive ketones (excluding diaryl/α,β-unsaturated/α-hetero) is 3. The highest BCUT2D eigenvalue weighted by Crippen LogP contribution is 2.67. The standard InChI is InChI=1S/C21H32O5.C7H12O/c1-19-7-5-13(23)9-12(19)3-4-14-15-6-8-21(26,17(25)11-22)20(15,2)10-16(24)18(14)19;8-7-5-3-1-2-4-6-7/h12-15,18,22-23,26H,3-11H2,1-2H3;1-6H2/t12-,13-,14+,15+,18-,19+,20+,21+;/m1./s1. The molecule has 6 heteroatoms. The highest BCUT2D eigenvalue weighted by Gasteiger charge is 2.68. The van der Waals surface area contributed by atoms with Crippen molar-refractivity contribution in [2.24, 2.45) is 34.5 Å². The van der Waals surface area contributed by atoms with Gasteiger partial charge in [0.2, 0.25) is 0 Å². The fourth-order valence-corrected chi connectivity index (χ4v) is 8.77. The van der Waals surface area contributed by atoms with E-state index in [0.29, 0.717) is 18.1 Å². The van der Waals surface area contributed by atoms with E-state index in [9.17, 15) is 29.7 Å². The van der Waals surface area contributed by atoms with Crippen LogP contribution >= 0.6 is 0 Å². The molecule has 0 saturated heterocycles. The predicted molar refractivity (Wildman–Crippen MR) is 128 cm³/mol. The summed E-state index contributed by atoms with van der Waals surface area (Å²) in [7, 11) is 0. The number of hydrogen-bond acceptors (Lipinski definition) is 6. The Morgan fingerprint density at radius 3 is 2.29 bits per heavy atom. The molecule has 0 unspecified atom stereocenters. The molecule has 192 valence electrons. The molecule has 0 aromatic rings. The fourth-order valence-electron chi connectivity index (χ4n) is 8.77. The van der Waals surface area contributed by atoms with E-state index in [0.717, 1.165) is 64.2 Å². The summed E-state index contributed by atoms with van der Waals surface area (Å²) in [5.41, 5.74) is -2.40. The maximum Gasteiger partial charge on any atom is 0.190 e. The number of carbonyl (C=O) groups is 3. The lowest BCUT2D eigenvalue weighted by Crippen LogP contribution is -2.62. The second-order valence-corrected chi connectivity index (χ2v) is 12.4. The normalized spacial score (nSPS) is 46.3. The summed E-state index contributed by atoms with van der Waals surface area (Å²) in [4.78, 5) is 36.4. The average Bonchev–Trinajstić information content (AvgIpc) is 2.93. The molecule has 5 rings (SSSR count). The number of rotatable bonds is 2. The first-order valence-corrected chi connectivity index (χ1v) is 13.7. The van der Waals surface area contributed by atoms with Gasteiger partial charge in [0, 0.05) is 30.6 Å².